The number of rotatable bonds is 3. The standard InChI is InChI=1S/C9H13N3O3/c10-5-8(12(14)15)6-11-7-2-1-3-9(13)4-7/h5-6,9-10,13H,1-4H2/p+1/b8-6+,10-5?,11-7?. The van der Waals surface area contributed by atoms with E-state index in [1.165, 1.54) is 0 Å². The van der Waals surface area contributed by atoms with Gasteiger partial charge in [0.05, 0.1) is 11.0 Å². The number of allylic oxidation sites excluding steroid dienone is 1. The van der Waals surface area contributed by atoms with Gasteiger partial charge in [-0.25, -0.2) is 0 Å². The van der Waals surface area contributed by atoms with Gasteiger partial charge in [0.15, 0.2) is 0 Å². The third-order valence-corrected chi connectivity index (χ3v) is 2.23. The largest absolute Gasteiger partial charge is 0.393 e. The maximum absolute atomic E-state index is 10.4. The summed E-state index contributed by atoms with van der Waals surface area (Å²) < 4.78 is 0. The Bertz CT molecular complexity index is 323. The lowest BCUT2D eigenvalue weighted by Crippen LogP contribution is -2.32. The highest BCUT2D eigenvalue weighted by Crippen LogP contribution is 2.16. The second kappa shape index (κ2) is 5.35. The molecule has 0 bridgehead atoms. The van der Waals surface area contributed by atoms with E-state index in [-0.39, 0.29) is 11.8 Å². The molecule has 1 atom stereocenters. The first kappa shape index (κ1) is 11.5. The Morgan fingerprint density at radius 3 is 3.00 bits per heavy atom. The predicted molar refractivity (Wildman–Crippen MR) is 55.0 cm³/mol. The second-order valence-electron chi connectivity index (χ2n) is 3.42. The fourth-order valence-corrected chi connectivity index (χ4v) is 1.44. The summed E-state index contributed by atoms with van der Waals surface area (Å²) in [6.07, 6.45) is 4.58. The van der Waals surface area contributed by atoms with Crippen LogP contribution in [-0.4, -0.2) is 28.1 Å². The van der Waals surface area contributed by atoms with Crippen LogP contribution in [0.5, 0.6) is 0 Å². The van der Waals surface area contributed by atoms with E-state index in [4.69, 9.17) is 5.41 Å². The molecule has 1 saturated carbocycles. The molecule has 1 aliphatic rings. The van der Waals surface area contributed by atoms with Crippen molar-refractivity contribution in [1.29, 1.82) is 0 Å². The molecule has 0 radical (unpaired) electrons. The van der Waals surface area contributed by atoms with E-state index in [1.54, 1.807) is 0 Å². The zero-order valence-electron chi connectivity index (χ0n) is 8.30. The van der Waals surface area contributed by atoms with Crippen LogP contribution in [-0.2, 0) is 0 Å². The summed E-state index contributed by atoms with van der Waals surface area (Å²) in [5, 5.41) is 24.8. The Hall–Kier alpha value is -1.56. The molecule has 1 unspecified atom stereocenters. The molecule has 0 aromatic heterocycles. The number of nitrogens with zero attached hydrogens (tertiary/aromatic N) is 2. The molecule has 6 heteroatoms. The summed E-state index contributed by atoms with van der Waals surface area (Å²) in [4.78, 5) is 13.7. The maximum Gasteiger partial charge on any atom is 0.349 e. The Labute approximate surface area is 87.0 Å². The van der Waals surface area contributed by atoms with Crippen LogP contribution in [0.4, 0.5) is 0 Å². The van der Waals surface area contributed by atoms with Crippen molar-refractivity contribution in [1.82, 2.24) is 0 Å². The van der Waals surface area contributed by atoms with Crippen LogP contribution in [0.2, 0.25) is 0 Å². The molecule has 0 amide bonds. The van der Waals surface area contributed by atoms with Crippen molar-refractivity contribution in [3.63, 3.8) is 0 Å². The number of nitrogens with two attached hydrogens (primary N) is 1. The highest BCUT2D eigenvalue weighted by atomic mass is 16.6. The Morgan fingerprint density at radius 2 is 2.47 bits per heavy atom. The fourth-order valence-electron chi connectivity index (χ4n) is 1.44. The minimum Gasteiger partial charge on any atom is -0.393 e. The van der Waals surface area contributed by atoms with Crippen LogP contribution in [0, 0.1) is 10.1 Å². The third kappa shape index (κ3) is 3.59. The monoisotopic (exact) mass is 212 g/mol. The van der Waals surface area contributed by atoms with E-state index < -0.39 is 4.92 Å². The SMILES string of the molecule is [NH2+]=C/C(=C\N=C1CCCC(O)C1)[N+](=O)[O-]. The molecule has 1 rings (SSSR count). The number of nitro groups is 1. The van der Waals surface area contributed by atoms with Gasteiger partial charge >= 0.3 is 5.70 Å². The van der Waals surface area contributed by atoms with E-state index >= 15 is 0 Å². The lowest BCUT2D eigenvalue weighted by Gasteiger charge is -2.17. The maximum atomic E-state index is 10.4. The van der Waals surface area contributed by atoms with Gasteiger partial charge in [-0.15, -0.1) is 0 Å². The Balaban J connectivity index is 2.69. The van der Waals surface area contributed by atoms with Crippen molar-refractivity contribution in [3.8, 4) is 0 Å². The lowest BCUT2D eigenvalue weighted by atomic mass is 9.96. The lowest BCUT2D eigenvalue weighted by molar-refractivity contribution is -0.417. The normalized spacial score (nSPS) is 25.3. The zero-order chi connectivity index (χ0) is 11.3. The van der Waals surface area contributed by atoms with Gasteiger partial charge in [-0.3, -0.25) is 20.5 Å². The smallest absolute Gasteiger partial charge is 0.349 e. The number of hydrogen-bond acceptors (Lipinski definition) is 4. The molecule has 3 N–H and O–H groups in total. The molecule has 0 aromatic carbocycles. The molecule has 82 valence electrons. The first-order valence-electron chi connectivity index (χ1n) is 4.76. The van der Waals surface area contributed by atoms with Gasteiger partial charge in [0.1, 0.15) is 6.20 Å². The molecule has 0 aromatic rings. The Morgan fingerprint density at radius 1 is 1.73 bits per heavy atom. The van der Waals surface area contributed by atoms with Crippen molar-refractivity contribution in [2.75, 3.05) is 0 Å². The van der Waals surface area contributed by atoms with Crippen LogP contribution < -0.4 is 5.41 Å². The first-order valence-corrected chi connectivity index (χ1v) is 4.76. The summed E-state index contributed by atoms with van der Waals surface area (Å²) in [6.45, 7) is 0. The van der Waals surface area contributed by atoms with Crippen molar-refractivity contribution in [2.45, 2.75) is 31.8 Å². The average Bonchev–Trinajstić information content (AvgIpc) is 2.18. The average molecular weight is 212 g/mol. The number of aliphatic hydroxyl groups is 1. The quantitative estimate of drug-likeness (QED) is 0.368. The number of hydrogen-bond donors (Lipinski definition) is 2. The number of aliphatic hydroxyl groups excluding tert-OH is 1. The molecule has 1 aliphatic carbocycles. The van der Waals surface area contributed by atoms with Crippen molar-refractivity contribution in [2.24, 2.45) is 4.99 Å². The zero-order valence-corrected chi connectivity index (χ0v) is 8.30. The van der Waals surface area contributed by atoms with Crippen LogP contribution in [0.15, 0.2) is 16.9 Å². The van der Waals surface area contributed by atoms with E-state index in [0.29, 0.717) is 6.42 Å². The summed E-state index contributed by atoms with van der Waals surface area (Å²) >= 11 is 0. The molecule has 1 fully saturated rings. The van der Waals surface area contributed by atoms with E-state index in [0.717, 1.165) is 37.4 Å². The molecule has 6 nitrogen and oxygen atoms in total. The highest BCUT2D eigenvalue weighted by molar-refractivity contribution is 5.86. The van der Waals surface area contributed by atoms with Gasteiger partial charge in [0.2, 0.25) is 6.21 Å². The summed E-state index contributed by atoms with van der Waals surface area (Å²) in [6, 6.07) is 0. The second-order valence-corrected chi connectivity index (χ2v) is 3.42. The molecular weight excluding hydrogens is 198 g/mol. The van der Waals surface area contributed by atoms with Crippen molar-refractivity contribution < 1.29 is 15.4 Å². The van der Waals surface area contributed by atoms with Crippen molar-refractivity contribution >= 4 is 11.9 Å². The van der Waals surface area contributed by atoms with Crippen LogP contribution in [0.25, 0.3) is 0 Å². The van der Waals surface area contributed by atoms with Gasteiger partial charge in [-0.05, 0) is 19.3 Å². The van der Waals surface area contributed by atoms with Gasteiger partial charge in [-0.1, -0.05) is 0 Å². The summed E-state index contributed by atoms with van der Waals surface area (Å²) in [5.74, 6) is 0. The van der Waals surface area contributed by atoms with Gasteiger partial charge in [0.25, 0.3) is 0 Å². The van der Waals surface area contributed by atoms with E-state index in [1.807, 2.05) is 0 Å². The first-order chi connectivity index (χ1) is 7.13. The van der Waals surface area contributed by atoms with Gasteiger partial charge in [0, 0.05) is 12.1 Å². The summed E-state index contributed by atoms with van der Waals surface area (Å²) in [5.41, 5.74) is 0.553. The predicted octanol–water partition coefficient (Wildman–Crippen LogP) is -0.690. The highest BCUT2D eigenvalue weighted by Gasteiger charge is 2.15. The minimum atomic E-state index is -0.594. The van der Waals surface area contributed by atoms with E-state index in [9.17, 15) is 15.2 Å². The molecular formula is C9H14N3O3+. The van der Waals surface area contributed by atoms with Crippen LogP contribution in [0.3, 0.4) is 0 Å². The number of aliphatic imine (C=N–C) groups is 1. The Kier molecular flexibility index (Phi) is 4.11. The van der Waals surface area contributed by atoms with Crippen molar-refractivity contribution in [3.05, 3.63) is 22.0 Å². The third-order valence-electron chi connectivity index (χ3n) is 2.23. The van der Waals surface area contributed by atoms with Gasteiger partial charge in [-0.2, -0.15) is 0 Å². The molecule has 0 aliphatic heterocycles. The minimum absolute atomic E-state index is 0.234. The van der Waals surface area contributed by atoms with Crippen LogP contribution in [0.1, 0.15) is 25.7 Å². The molecule has 0 spiro atoms. The molecule has 15 heavy (non-hydrogen) atoms. The van der Waals surface area contributed by atoms with Gasteiger partial charge < -0.3 is 5.11 Å². The topological polar surface area (TPSA) is 101 Å². The summed E-state index contributed by atoms with van der Waals surface area (Å²) in [7, 11) is 0. The fraction of sp³-hybridized carbons (Fsp3) is 0.556. The van der Waals surface area contributed by atoms with E-state index in [2.05, 4.69) is 4.99 Å². The molecule has 0 heterocycles. The molecule has 0 saturated heterocycles. The van der Waals surface area contributed by atoms with Crippen LogP contribution >= 0.6 is 0 Å².